The Labute approximate surface area is 195 Å². The van der Waals surface area contributed by atoms with Crippen molar-refractivity contribution in [3.63, 3.8) is 0 Å². The fraction of sp³-hybridized carbons (Fsp3) is 0.409. The number of carbonyl (C=O) groups excluding carboxylic acids is 1. The number of nitrogens with one attached hydrogen (secondary N) is 1. The van der Waals surface area contributed by atoms with Gasteiger partial charge in [0.2, 0.25) is 10.0 Å². The zero-order valence-electron chi connectivity index (χ0n) is 18.3. The van der Waals surface area contributed by atoms with Crippen LogP contribution in [0.5, 0.6) is 11.5 Å². The largest absolute Gasteiger partial charge is 0.486 e. The maximum absolute atomic E-state index is 13.0. The van der Waals surface area contributed by atoms with Crippen LogP contribution in [0.2, 0.25) is 0 Å². The molecule has 0 spiro atoms. The van der Waals surface area contributed by atoms with Gasteiger partial charge in [-0.1, -0.05) is 12.1 Å². The maximum Gasteiger partial charge on any atom is 0.416 e. The third kappa shape index (κ3) is 5.07. The lowest BCUT2D eigenvalue weighted by atomic mass is 10.1. The Kier molecular flexibility index (Phi) is 6.63. The summed E-state index contributed by atoms with van der Waals surface area (Å²) in [5.41, 5.74) is -0.205. The van der Waals surface area contributed by atoms with E-state index in [0.29, 0.717) is 30.8 Å². The van der Waals surface area contributed by atoms with Gasteiger partial charge in [-0.2, -0.15) is 17.5 Å². The summed E-state index contributed by atoms with van der Waals surface area (Å²) in [6.45, 7) is 2.92. The average molecular weight is 500 g/mol. The van der Waals surface area contributed by atoms with Gasteiger partial charge in [0.05, 0.1) is 16.5 Å². The molecule has 0 saturated carbocycles. The van der Waals surface area contributed by atoms with Crippen LogP contribution in [0.15, 0.2) is 47.4 Å². The lowest BCUT2D eigenvalue weighted by molar-refractivity contribution is -0.137. The number of amides is 2. The van der Waals surface area contributed by atoms with Gasteiger partial charge in [0.25, 0.3) is 0 Å². The fourth-order valence-electron chi connectivity index (χ4n) is 3.80. The van der Waals surface area contributed by atoms with E-state index in [1.807, 2.05) is 13.0 Å². The van der Waals surface area contributed by atoms with E-state index in [-0.39, 0.29) is 38.3 Å². The number of fused-ring (bicyclic) bond motifs is 1. The number of hydrogen-bond donors (Lipinski definition) is 1. The van der Waals surface area contributed by atoms with Crippen molar-refractivity contribution in [2.24, 2.45) is 0 Å². The van der Waals surface area contributed by atoms with Gasteiger partial charge in [-0.05, 0) is 42.8 Å². The molecule has 1 atom stereocenters. The summed E-state index contributed by atoms with van der Waals surface area (Å²) in [4.78, 5) is 13.8. The van der Waals surface area contributed by atoms with Crippen LogP contribution in [0.1, 0.15) is 24.1 Å². The van der Waals surface area contributed by atoms with Crippen molar-refractivity contribution in [2.45, 2.75) is 24.0 Å². The van der Waals surface area contributed by atoms with E-state index in [9.17, 15) is 26.4 Å². The molecule has 184 valence electrons. The number of sulfonamides is 1. The van der Waals surface area contributed by atoms with Crippen LogP contribution in [0, 0.1) is 0 Å². The predicted molar refractivity (Wildman–Crippen MR) is 116 cm³/mol. The van der Waals surface area contributed by atoms with Gasteiger partial charge in [-0.25, -0.2) is 13.2 Å². The smallest absolute Gasteiger partial charge is 0.416 e. The summed E-state index contributed by atoms with van der Waals surface area (Å²) in [6.07, 6.45) is -4.64. The molecule has 2 aliphatic rings. The van der Waals surface area contributed by atoms with Crippen LogP contribution < -0.4 is 14.8 Å². The number of piperazine rings is 1. The Morgan fingerprint density at radius 1 is 1.00 bits per heavy atom. The second-order valence-corrected chi connectivity index (χ2v) is 9.93. The summed E-state index contributed by atoms with van der Waals surface area (Å²) in [7, 11) is -4.12. The van der Waals surface area contributed by atoms with Crippen LogP contribution in [0.4, 0.5) is 18.0 Å². The predicted octanol–water partition coefficient (Wildman–Crippen LogP) is 3.25. The van der Waals surface area contributed by atoms with Gasteiger partial charge in [-0.15, -0.1) is 0 Å². The molecule has 1 N–H and O–H groups in total. The monoisotopic (exact) mass is 499 g/mol. The molecule has 0 unspecified atom stereocenters. The van der Waals surface area contributed by atoms with Crippen molar-refractivity contribution in [1.29, 1.82) is 0 Å². The van der Waals surface area contributed by atoms with Gasteiger partial charge >= 0.3 is 12.2 Å². The van der Waals surface area contributed by atoms with Crippen molar-refractivity contribution < 1.29 is 35.9 Å². The molecular formula is C22H24F3N3O5S. The van der Waals surface area contributed by atoms with E-state index in [1.165, 1.54) is 4.90 Å². The van der Waals surface area contributed by atoms with E-state index in [0.717, 1.165) is 28.1 Å². The Balaban J connectivity index is 1.36. The summed E-state index contributed by atoms with van der Waals surface area (Å²) < 4.78 is 76.8. The summed E-state index contributed by atoms with van der Waals surface area (Å²) in [6, 6.07) is 8.38. The first kappa shape index (κ1) is 24.1. The number of ether oxygens (including phenoxy) is 2. The molecule has 2 aromatic carbocycles. The van der Waals surface area contributed by atoms with Gasteiger partial charge in [0, 0.05) is 26.2 Å². The fourth-order valence-corrected chi connectivity index (χ4v) is 5.27. The van der Waals surface area contributed by atoms with E-state index in [1.54, 1.807) is 12.1 Å². The zero-order chi connectivity index (χ0) is 24.5. The third-order valence-corrected chi connectivity index (χ3v) is 7.63. The second-order valence-electron chi connectivity index (χ2n) is 7.99. The van der Waals surface area contributed by atoms with E-state index in [2.05, 4.69) is 5.32 Å². The van der Waals surface area contributed by atoms with Crippen LogP contribution >= 0.6 is 0 Å². The number of urea groups is 1. The number of benzene rings is 2. The van der Waals surface area contributed by atoms with Crippen LogP contribution in [0.25, 0.3) is 0 Å². The second kappa shape index (κ2) is 9.34. The standard InChI is InChI=1S/C22H24F3N3O5S/c1-15(16-5-6-19-20(13-16)33-12-11-32-19)26-21(29)27-7-9-28(10-8-27)34(30,31)18-4-2-3-17(14-18)22(23,24)25/h2-6,13-15H,7-12H2,1H3,(H,26,29)/t15-/m0/s1. The van der Waals surface area contributed by atoms with Gasteiger partial charge in [-0.3, -0.25) is 0 Å². The molecule has 2 amide bonds. The molecule has 0 radical (unpaired) electrons. The summed E-state index contributed by atoms with van der Waals surface area (Å²) in [5, 5.41) is 2.88. The Hall–Kier alpha value is -2.99. The van der Waals surface area contributed by atoms with E-state index < -0.39 is 26.7 Å². The van der Waals surface area contributed by atoms with Crippen LogP contribution in [-0.4, -0.2) is 63.0 Å². The highest BCUT2D eigenvalue weighted by Gasteiger charge is 2.34. The lowest BCUT2D eigenvalue weighted by Gasteiger charge is -2.34. The number of alkyl halides is 3. The van der Waals surface area contributed by atoms with Gasteiger partial charge in [0.15, 0.2) is 11.5 Å². The van der Waals surface area contributed by atoms with E-state index >= 15 is 0 Å². The molecule has 2 heterocycles. The van der Waals surface area contributed by atoms with Crippen molar-refractivity contribution in [3.05, 3.63) is 53.6 Å². The number of nitrogens with zero attached hydrogens (tertiary/aromatic N) is 2. The molecule has 0 aliphatic carbocycles. The first-order valence-corrected chi connectivity index (χ1v) is 12.1. The molecule has 0 aromatic heterocycles. The molecule has 4 rings (SSSR count). The van der Waals surface area contributed by atoms with Crippen molar-refractivity contribution in [2.75, 3.05) is 39.4 Å². The SMILES string of the molecule is C[C@H](NC(=O)N1CCN(S(=O)(=O)c2cccc(C(F)(F)F)c2)CC1)c1ccc2c(c1)OCCO2. The van der Waals surface area contributed by atoms with Gasteiger partial charge < -0.3 is 19.7 Å². The third-order valence-electron chi connectivity index (χ3n) is 5.73. The Morgan fingerprint density at radius 2 is 1.68 bits per heavy atom. The van der Waals surface area contributed by atoms with Crippen LogP contribution in [0.3, 0.4) is 0 Å². The first-order chi connectivity index (χ1) is 16.1. The molecule has 1 saturated heterocycles. The summed E-state index contributed by atoms with van der Waals surface area (Å²) >= 11 is 0. The first-order valence-electron chi connectivity index (χ1n) is 10.7. The normalized spacial score (nSPS) is 17.8. The number of halogens is 3. The highest BCUT2D eigenvalue weighted by molar-refractivity contribution is 7.89. The maximum atomic E-state index is 13.0. The van der Waals surface area contributed by atoms with Crippen LogP contribution in [-0.2, 0) is 16.2 Å². The highest BCUT2D eigenvalue weighted by atomic mass is 32.2. The molecular weight excluding hydrogens is 475 g/mol. The average Bonchev–Trinajstić information content (AvgIpc) is 2.83. The minimum atomic E-state index is -4.64. The molecule has 2 aromatic rings. The molecule has 1 fully saturated rings. The lowest BCUT2D eigenvalue weighted by Crippen LogP contribution is -2.53. The zero-order valence-corrected chi connectivity index (χ0v) is 19.2. The number of carbonyl (C=O) groups is 1. The Bertz CT molecular complexity index is 1160. The van der Waals surface area contributed by atoms with Crippen molar-refractivity contribution in [3.8, 4) is 11.5 Å². The number of hydrogen-bond acceptors (Lipinski definition) is 5. The molecule has 2 aliphatic heterocycles. The molecule has 12 heteroatoms. The molecule has 0 bridgehead atoms. The van der Waals surface area contributed by atoms with Crippen molar-refractivity contribution in [1.82, 2.24) is 14.5 Å². The minimum absolute atomic E-state index is 0.0234. The van der Waals surface area contributed by atoms with Gasteiger partial charge in [0.1, 0.15) is 13.2 Å². The highest BCUT2D eigenvalue weighted by Crippen LogP contribution is 2.33. The van der Waals surface area contributed by atoms with Crippen molar-refractivity contribution >= 4 is 16.1 Å². The Morgan fingerprint density at radius 3 is 2.35 bits per heavy atom. The quantitative estimate of drug-likeness (QED) is 0.698. The topological polar surface area (TPSA) is 88.2 Å². The van der Waals surface area contributed by atoms with E-state index in [4.69, 9.17) is 9.47 Å². The number of rotatable bonds is 4. The minimum Gasteiger partial charge on any atom is -0.486 e. The summed E-state index contributed by atoms with van der Waals surface area (Å²) in [5.74, 6) is 1.25. The molecule has 34 heavy (non-hydrogen) atoms. The molecule has 8 nitrogen and oxygen atoms in total.